The summed E-state index contributed by atoms with van der Waals surface area (Å²) in [6.07, 6.45) is 2.23. The Labute approximate surface area is 104 Å². The predicted octanol–water partition coefficient (Wildman–Crippen LogP) is 3.32. The molecule has 0 radical (unpaired) electrons. The Balaban J connectivity index is 2.43. The first-order valence-corrected chi connectivity index (χ1v) is 7.18. The quantitative estimate of drug-likeness (QED) is 0.768. The molecule has 1 atom stereocenters. The Morgan fingerprint density at radius 1 is 1.25 bits per heavy atom. The predicted molar refractivity (Wildman–Crippen MR) is 75.2 cm³/mol. The maximum absolute atomic E-state index is 6.11. The highest BCUT2D eigenvalue weighted by Gasteiger charge is 2.04. The van der Waals surface area contributed by atoms with Gasteiger partial charge in [-0.15, -0.1) is 0 Å². The van der Waals surface area contributed by atoms with Gasteiger partial charge >= 0.3 is 0 Å². The van der Waals surface area contributed by atoms with Crippen molar-refractivity contribution < 1.29 is 0 Å². The van der Waals surface area contributed by atoms with Crippen molar-refractivity contribution in [2.75, 3.05) is 11.5 Å². The SMILES string of the molecule is CCCSCC(N)Cc1ccc(C)c(C)c1. The number of benzene rings is 1. The number of hydrogen-bond acceptors (Lipinski definition) is 2. The van der Waals surface area contributed by atoms with Crippen molar-refractivity contribution in [3.63, 3.8) is 0 Å². The molecule has 0 heterocycles. The molecule has 0 aliphatic heterocycles. The van der Waals surface area contributed by atoms with E-state index in [2.05, 4.69) is 39.0 Å². The van der Waals surface area contributed by atoms with Gasteiger partial charge in [-0.2, -0.15) is 11.8 Å². The first-order chi connectivity index (χ1) is 7.63. The van der Waals surface area contributed by atoms with E-state index in [1.807, 2.05) is 11.8 Å². The second-order valence-electron chi connectivity index (χ2n) is 4.46. The summed E-state index contributed by atoms with van der Waals surface area (Å²) in [6.45, 7) is 6.52. The molecule has 0 saturated heterocycles. The van der Waals surface area contributed by atoms with Crippen LogP contribution in [0.2, 0.25) is 0 Å². The molecule has 0 bridgehead atoms. The highest BCUT2D eigenvalue weighted by atomic mass is 32.2. The molecule has 0 saturated carbocycles. The van der Waals surface area contributed by atoms with E-state index >= 15 is 0 Å². The molecule has 16 heavy (non-hydrogen) atoms. The lowest BCUT2D eigenvalue weighted by Crippen LogP contribution is -2.25. The Bertz CT molecular complexity index is 323. The summed E-state index contributed by atoms with van der Waals surface area (Å²) in [6, 6.07) is 6.95. The third-order valence-corrected chi connectivity index (χ3v) is 4.11. The van der Waals surface area contributed by atoms with Crippen LogP contribution in [0.5, 0.6) is 0 Å². The van der Waals surface area contributed by atoms with Gasteiger partial charge in [0.05, 0.1) is 0 Å². The van der Waals surface area contributed by atoms with Crippen LogP contribution in [0.4, 0.5) is 0 Å². The van der Waals surface area contributed by atoms with E-state index in [1.165, 1.54) is 28.9 Å². The lowest BCUT2D eigenvalue weighted by molar-refractivity contribution is 0.747. The Hall–Kier alpha value is -0.470. The fraction of sp³-hybridized carbons (Fsp3) is 0.571. The van der Waals surface area contributed by atoms with Gasteiger partial charge < -0.3 is 5.73 Å². The zero-order chi connectivity index (χ0) is 12.0. The van der Waals surface area contributed by atoms with Crippen LogP contribution >= 0.6 is 11.8 Å². The van der Waals surface area contributed by atoms with Gasteiger partial charge in [-0.05, 0) is 49.1 Å². The number of aryl methyl sites for hydroxylation is 2. The Morgan fingerprint density at radius 2 is 2.00 bits per heavy atom. The van der Waals surface area contributed by atoms with Gasteiger partial charge in [0.25, 0.3) is 0 Å². The zero-order valence-corrected chi connectivity index (χ0v) is 11.4. The fourth-order valence-electron chi connectivity index (χ4n) is 1.67. The molecule has 1 aromatic carbocycles. The Kier molecular flexibility index (Phi) is 5.93. The molecule has 0 spiro atoms. The maximum atomic E-state index is 6.11. The van der Waals surface area contributed by atoms with Crippen molar-refractivity contribution in [2.45, 2.75) is 39.7 Å². The second-order valence-corrected chi connectivity index (χ2v) is 5.61. The summed E-state index contributed by atoms with van der Waals surface area (Å²) in [5, 5.41) is 0. The summed E-state index contributed by atoms with van der Waals surface area (Å²) in [5.74, 6) is 2.29. The molecular weight excluding hydrogens is 214 g/mol. The van der Waals surface area contributed by atoms with Crippen LogP contribution < -0.4 is 5.73 Å². The van der Waals surface area contributed by atoms with Crippen LogP contribution in [0.15, 0.2) is 18.2 Å². The van der Waals surface area contributed by atoms with Crippen molar-refractivity contribution in [1.29, 1.82) is 0 Å². The summed E-state index contributed by atoms with van der Waals surface area (Å²) in [4.78, 5) is 0. The van der Waals surface area contributed by atoms with E-state index in [-0.39, 0.29) is 0 Å². The van der Waals surface area contributed by atoms with Gasteiger partial charge in [-0.25, -0.2) is 0 Å². The average molecular weight is 237 g/mol. The minimum Gasteiger partial charge on any atom is -0.327 e. The van der Waals surface area contributed by atoms with Gasteiger partial charge in [0.2, 0.25) is 0 Å². The molecule has 0 fully saturated rings. The van der Waals surface area contributed by atoms with Crippen LogP contribution in [0.1, 0.15) is 30.0 Å². The number of thioether (sulfide) groups is 1. The van der Waals surface area contributed by atoms with Gasteiger partial charge in [0, 0.05) is 11.8 Å². The minimum absolute atomic E-state index is 0.290. The highest BCUT2D eigenvalue weighted by Crippen LogP contribution is 2.13. The molecule has 1 aromatic rings. The molecule has 1 nitrogen and oxygen atoms in total. The van der Waals surface area contributed by atoms with Crippen LogP contribution in [-0.2, 0) is 6.42 Å². The van der Waals surface area contributed by atoms with E-state index < -0.39 is 0 Å². The van der Waals surface area contributed by atoms with Crippen molar-refractivity contribution in [3.8, 4) is 0 Å². The van der Waals surface area contributed by atoms with Crippen molar-refractivity contribution in [3.05, 3.63) is 34.9 Å². The van der Waals surface area contributed by atoms with Crippen molar-refractivity contribution >= 4 is 11.8 Å². The van der Waals surface area contributed by atoms with E-state index in [0.29, 0.717) is 6.04 Å². The Morgan fingerprint density at radius 3 is 2.62 bits per heavy atom. The number of nitrogens with two attached hydrogens (primary N) is 1. The maximum Gasteiger partial charge on any atom is 0.0171 e. The van der Waals surface area contributed by atoms with Crippen molar-refractivity contribution in [2.24, 2.45) is 5.73 Å². The van der Waals surface area contributed by atoms with Crippen LogP contribution in [0.25, 0.3) is 0 Å². The van der Waals surface area contributed by atoms with Gasteiger partial charge in [0.15, 0.2) is 0 Å². The van der Waals surface area contributed by atoms with Gasteiger partial charge in [0.1, 0.15) is 0 Å². The van der Waals surface area contributed by atoms with Gasteiger partial charge in [-0.1, -0.05) is 25.1 Å². The third kappa shape index (κ3) is 4.58. The lowest BCUT2D eigenvalue weighted by Gasteiger charge is -2.12. The first-order valence-electron chi connectivity index (χ1n) is 6.03. The number of rotatable bonds is 6. The topological polar surface area (TPSA) is 26.0 Å². The average Bonchev–Trinajstić information content (AvgIpc) is 2.24. The number of hydrogen-bond donors (Lipinski definition) is 1. The molecule has 90 valence electrons. The summed E-state index contributed by atoms with van der Waals surface area (Å²) < 4.78 is 0. The third-order valence-electron chi connectivity index (χ3n) is 2.75. The molecule has 2 heteroatoms. The normalized spacial score (nSPS) is 12.8. The highest BCUT2D eigenvalue weighted by molar-refractivity contribution is 7.99. The van der Waals surface area contributed by atoms with E-state index in [0.717, 1.165) is 12.2 Å². The second kappa shape index (κ2) is 6.97. The van der Waals surface area contributed by atoms with Crippen LogP contribution in [0.3, 0.4) is 0 Å². The molecule has 0 aliphatic rings. The molecule has 0 amide bonds. The molecule has 1 unspecified atom stereocenters. The minimum atomic E-state index is 0.290. The molecular formula is C14H23NS. The summed E-state index contributed by atoms with van der Waals surface area (Å²) >= 11 is 1.96. The van der Waals surface area contributed by atoms with Crippen LogP contribution in [-0.4, -0.2) is 17.5 Å². The molecule has 1 rings (SSSR count). The lowest BCUT2D eigenvalue weighted by atomic mass is 10.0. The summed E-state index contributed by atoms with van der Waals surface area (Å²) in [5.41, 5.74) is 10.2. The van der Waals surface area contributed by atoms with E-state index in [9.17, 15) is 0 Å². The molecule has 2 N–H and O–H groups in total. The largest absolute Gasteiger partial charge is 0.327 e. The van der Waals surface area contributed by atoms with Crippen molar-refractivity contribution in [1.82, 2.24) is 0 Å². The van der Waals surface area contributed by atoms with E-state index in [1.54, 1.807) is 0 Å². The summed E-state index contributed by atoms with van der Waals surface area (Å²) in [7, 11) is 0. The van der Waals surface area contributed by atoms with E-state index in [4.69, 9.17) is 5.73 Å². The monoisotopic (exact) mass is 237 g/mol. The van der Waals surface area contributed by atoms with Gasteiger partial charge in [-0.3, -0.25) is 0 Å². The molecule has 0 aromatic heterocycles. The first kappa shape index (κ1) is 13.6. The molecule has 0 aliphatic carbocycles. The standard InChI is InChI=1S/C14H23NS/c1-4-7-16-10-14(15)9-13-6-5-11(2)12(3)8-13/h5-6,8,14H,4,7,9-10,15H2,1-3H3. The van der Waals surface area contributed by atoms with Crippen LogP contribution in [0, 0.1) is 13.8 Å². The fourth-order valence-corrected chi connectivity index (χ4v) is 2.55. The smallest absolute Gasteiger partial charge is 0.0171 e. The zero-order valence-electron chi connectivity index (χ0n) is 10.6.